The summed E-state index contributed by atoms with van der Waals surface area (Å²) in [6, 6.07) is 1.70. The molecule has 1 aromatic heterocycles. The first kappa shape index (κ1) is 10.7. The number of aromatic nitrogens is 2. The Hall–Kier alpha value is -1.36. The number of aliphatic hydroxyl groups is 1. The van der Waals surface area contributed by atoms with E-state index < -0.39 is 12.1 Å². The summed E-state index contributed by atoms with van der Waals surface area (Å²) in [5, 5.41) is 13.6. The third kappa shape index (κ3) is 1.93. The van der Waals surface area contributed by atoms with Crippen molar-refractivity contribution in [2.45, 2.75) is 26.0 Å². The maximum Gasteiger partial charge on any atom is 0.341 e. The van der Waals surface area contributed by atoms with E-state index >= 15 is 0 Å². The molecule has 0 radical (unpaired) electrons. The Labute approximate surface area is 82.3 Å². The molecule has 0 fully saturated rings. The van der Waals surface area contributed by atoms with Gasteiger partial charge in [-0.15, -0.1) is 0 Å². The number of rotatable bonds is 3. The highest BCUT2D eigenvalue weighted by Gasteiger charge is 2.22. The predicted octanol–water partition coefficient (Wildman–Crippen LogP) is 0.670. The summed E-state index contributed by atoms with van der Waals surface area (Å²) in [5.41, 5.74) is 0.451. The minimum atomic E-state index is -1.26. The zero-order chi connectivity index (χ0) is 10.7. The second-order valence-corrected chi connectivity index (χ2v) is 3.22. The molecule has 1 N–H and O–H groups in total. The Kier molecular flexibility index (Phi) is 3.24. The molecule has 0 aromatic carbocycles. The molecule has 0 saturated carbocycles. The van der Waals surface area contributed by atoms with Gasteiger partial charge in [0.2, 0.25) is 0 Å². The molecule has 5 nitrogen and oxygen atoms in total. The van der Waals surface area contributed by atoms with Crippen LogP contribution < -0.4 is 0 Å². The molecule has 1 heterocycles. The molecule has 0 aliphatic carbocycles. The fraction of sp³-hybridized carbons (Fsp3) is 0.556. The number of carbonyl (C=O) groups excluding carboxylic acids is 1. The number of carbonyl (C=O) groups is 1. The molecule has 1 atom stereocenters. The smallest absolute Gasteiger partial charge is 0.341 e. The highest BCUT2D eigenvalue weighted by molar-refractivity contribution is 5.75. The van der Waals surface area contributed by atoms with E-state index in [9.17, 15) is 9.90 Å². The van der Waals surface area contributed by atoms with E-state index in [1.54, 1.807) is 16.9 Å². The number of hydrogen-bond donors (Lipinski definition) is 1. The lowest BCUT2D eigenvalue weighted by Gasteiger charge is -2.13. The SMILES string of the molecule is COC(=O)C(O)c1ccnn1C(C)C. The number of esters is 1. The summed E-state index contributed by atoms with van der Waals surface area (Å²) < 4.78 is 6.03. The van der Waals surface area contributed by atoms with Crippen molar-refractivity contribution in [1.29, 1.82) is 0 Å². The Morgan fingerprint density at radius 1 is 1.64 bits per heavy atom. The van der Waals surface area contributed by atoms with E-state index in [0.29, 0.717) is 5.69 Å². The average molecular weight is 198 g/mol. The summed E-state index contributed by atoms with van der Waals surface area (Å²) in [6.07, 6.45) is 0.284. The molecular weight excluding hydrogens is 184 g/mol. The van der Waals surface area contributed by atoms with Crippen LogP contribution in [0.2, 0.25) is 0 Å². The Morgan fingerprint density at radius 3 is 2.79 bits per heavy atom. The number of hydrogen-bond acceptors (Lipinski definition) is 4. The van der Waals surface area contributed by atoms with Gasteiger partial charge in [-0.05, 0) is 19.9 Å². The normalized spacial score (nSPS) is 12.9. The van der Waals surface area contributed by atoms with Crippen LogP contribution in [-0.2, 0) is 9.53 Å². The van der Waals surface area contributed by atoms with Gasteiger partial charge in [-0.25, -0.2) is 4.79 Å². The van der Waals surface area contributed by atoms with Crippen LogP contribution in [0.5, 0.6) is 0 Å². The predicted molar refractivity (Wildman–Crippen MR) is 49.6 cm³/mol. The highest BCUT2D eigenvalue weighted by Crippen LogP contribution is 2.17. The molecule has 78 valence electrons. The number of aliphatic hydroxyl groups excluding tert-OH is 1. The van der Waals surface area contributed by atoms with Crippen LogP contribution in [0.4, 0.5) is 0 Å². The van der Waals surface area contributed by atoms with Gasteiger partial charge in [0.25, 0.3) is 0 Å². The van der Waals surface area contributed by atoms with Gasteiger partial charge in [0.15, 0.2) is 6.10 Å². The number of nitrogens with zero attached hydrogens (tertiary/aromatic N) is 2. The fourth-order valence-electron chi connectivity index (χ4n) is 1.20. The fourth-order valence-corrected chi connectivity index (χ4v) is 1.20. The molecule has 0 bridgehead atoms. The van der Waals surface area contributed by atoms with Gasteiger partial charge in [0, 0.05) is 12.2 Å². The van der Waals surface area contributed by atoms with Gasteiger partial charge in [-0.1, -0.05) is 0 Å². The first-order valence-corrected chi connectivity index (χ1v) is 4.37. The zero-order valence-corrected chi connectivity index (χ0v) is 8.47. The standard InChI is InChI=1S/C9H14N2O3/c1-6(2)11-7(4-5-10-11)8(12)9(13)14-3/h4-6,8,12H,1-3H3. The van der Waals surface area contributed by atoms with Crippen molar-refractivity contribution in [2.24, 2.45) is 0 Å². The summed E-state index contributed by atoms with van der Waals surface area (Å²) in [5.74, 6) is -0.674. The Morgan fingerprint density at radius 2 is 2.29 bits per heavy atom. The molecule has 14 heavy (non-hydrogen) atoms. The number of ether oxygens (including phenoxy) is 1. The third-order valence-corrected chi connectivity index (χ3v) is 1.89. The number of methoxy groups -OCH3 is 1. The maximum absolute atomic E-state index is 11.1. The van der Waals surface area contributed by atoms with Gasteiger partial charge in [0.1, 0.15) is 0 Å². The lowest BCUT2D eigenvalue weighted by atomic mass is 10.2. The van der Waals surface area contributed by atoms with Crippen molar-refractivity contribution in [3.05, 3.63) is 18.0 Å². The molecular formula is C9H14N2O3. The van der Waals surface area contributed by atoms with E-state index in [0.717, 1.165) is 0 Å². The molecule has 1 unspecified atom stereocenters. The first-order valence-electron chi connectivity index (χ1n) is 4.37. The molecule has 0 amide bonds. The second kappa shape index (κ2) is 4.23. The quantitative estimate of drug-likeness (QED) is 0.725. The van der Waals surface area contributed by atoms with E-state index in [1.807, 2.05) is 13.8 Å². The Balaban J connectivity index is 2.94. The molecule has 0 aliphatic rings. The molecule has 0 saturated heterocycles. The van der Waals surface area contributed by atoms with Crippen molar-refractivity contribution in [3.63, 3.8) is 0 Å². The molecule has 5 heteroatoms. The zero-order valence-electron chi connectivity index (χ0n) is 8.47. The van der Waals surface area contributed by atoms with Crippen molar-refractivity contribution in [3.8, 4) is 0 Å². The summed E-state index contributed by atoms with van der Waals surface area (Å²) >= 11 is 0. The monoisotopic (exact) mass is 198 g/mol. The van der Waals surface area contributed by atoms with Crippen LogP contribution in [0.3, 0.4) is 0 Å². The van der Waals surface area contributed by atoms with Gasteiger partial charge in [-0.2, -0.15) is 5.10 Å². The molecule has 1 rings (SSSR count). The van der Waals surface area contributed by atoms with Gasteiger partial charge >= 0.3 is 5.97 Å². The molecule has 0 aliphatic heterocycles. The summed E-state index contributed by atoms with van der Waals surface area (Å²) in [6.45, 7) is 3.83. The largest absolute Gasteiger partial charge is 0.467 e. The lowest BCUT2D eigenvalue weighted by molar-refractivity contribution is -0.151. The minimum absolute atomic E-state index is 0.0966. The summed E-state index contributed by atoms with van der Waals surface area (Å²) in [4.78, 5) is 11.1. The molecule has 1 aromatic rings. The molecule has 0 spiro atoms. The van der Waals surface area contributed by atoms with Crippen molar-refractivity contribution >= 4 is 5.97 Å². The van der Waals surface area contributed by atoms with E-state index in [2.05, 4.69) is 9.84 Å². The van der Waals surface area contributed by atoms with Crippen LogP contribution in [-0.4, -0.2) is 28.0 Å². The van der Waals surface area contributed by atoms with Crippen molar-refractivity contribution in [1.82, 2.24) is 9.78 Å². The average Bonchev–Trinajstić information content (AvgIpc) is 2.63. The Bertz CT molecular complexity index is 320. The van der Waals surface area contributed by atoms with E-state index in [1.165, 1.54) is 7.11 Å². The minimum Gasteiger partial charge on any atom is -0.467 e. The van der Waals surface area contributed by atoms with Crippen molar-refractivity contribution < 1.29 is 14.6 Å². The maximum atomic E-state index is 11.1. The van der Waals surface area contributed by atoms with Crippen molar-refractivity contribution in [2.75, 3.05) is 7.11 Å². The first-order chi connectivity index (χ1) is 6.57. The highest BCUT2D eigenvalue weighted by atomic mass is 16.5. The van der Waals surface area contributed by atoms with Gasteiger partial charge in [0.05, 0.1) is 12.8 Å². The van der Waals surface area contributed by atoms with E-state index in [4.69, 9.17) is 0 Å². The van der Waals surface area contributed by atoms with Crippen LogP contribution in [0.15, 0.2) is 12.3 Å². The van der Waals surface area contributed by atoms with E-state index in [-0.39, 0.29) is 6.04 Å². The van der Waals surface area contributed by atoms with Gasteiger partial charge < -0.3 is 9.84 Å². The second-order valence-electron chi connectivity index (χ2n) is 3.22. The van der Waals surface area contributed by atoms with Crippen LogP contribution >= 0.6 is 0 Å². The van der Waals surface area contributed by atoms with Crippen LogP contribution in [0.25, 0.3) is 0 Å². The van der Waals surface area contributed by atoms with Crippen LogP contribution in [0, 0.1) is 0 Å². The van der Waals surface area contributed by atoms with Crippen LogP contribution in [0.1, 0.15) is 31.7 Å². The third-order valence-electron chi connectivity index (χ3n) is 1.89. The topological polar surface area (TPSA) is 64.3 Å². The summed E-state index contributed by atoms with van der Waals surface area (Å²) in [7, 11) is 1.24. The lowest BCUT2D eigenvalue weighted by Crippen LogP contribution is -2.19. The van der Waals surface area contributed by atoms with Gasteiger partial charge in [-0.3, -0.25) is 4.68 Å².